The maximum absolute atomic E-state index is 5.55. The van der Waals surface area contributed by atoms with Gasteiger partial charge in [0.05, 0.1) is 12.2 Å². The third-order valence-corrected chi connectivity index (χ3v) is 1.98. The van der Waals surface area contributed by atoms with Gasteiger partial charge in [-0.3, -0.25) is 9.55 Å². The van der Waals surface area contributed by atoms with Crippen LogP contribution in [0.25, 0.3) is 5.82 Å². The molecule has 0 atom stereocenters. The highest BCUT2D eigenvalue weighted by Gasteiger charge is 2.06. The van der Waals surface area contributed by atoms with E-state index in [1.165, 1.54) is 0 Å². The Kier molecular flexibility index (Phi) is 2.24. The van der Waals surface area contributed by atoms with Gasteiger partial charge in [0, 0.05) is 24.8 Å². The number of aryl methyl sites for hydroxylation is 1. The molecule has 0 spiro atoms. The molecule has 0 saturated heterocycles. The van der Waals surface area contributed by atoms with E-state index in [9.17, 15) is 0 Å². The molecule has 0 aliphatic carbocycles. The summed E-state index contributed by atoms with van der Waals surface area (Å²) in [4.78, 5) is 12.5. The van der Waals surface area contributed by atoms with Crippen LogP contribution < -0.4 is 5.73 Å². The van der Waals surface area contributed by atoms with Gasteiger partial charge in [-0.15, -0.1) is 0 Å². The molecule has 0 amide bonds. The Morgan fingerprint density at radius 2 is 2.00 bits per heavy atom. The summed E-state index contributed by atoms with van der Waals surface area (Å²) in [6, 6.07) is 0. The van der Waals surface area contributed by atoms with E-state index in [0.717, 1.165) is 17.3 Å². The molecule has 0 saturated carbocycles. The average Bonchev–Trinajstić information content (AvgIpc) is 2.66. The predicted octanol–water partition coefficient (Wildman–Crippen LogP) is 0.429. The highest BCUT2D eigenvalue weighted by molar-refractivity contribution is 5.28. The lowest BCUT2D eigenvalue weighted by atomic mass is 10.4. The zero-order valence-corrected chi connectivity index (χ0v) is 7.88. The van der Waals surface area contributed by atoms with E-state index in [1.54, 1.807) is 18.6 Å². The number of rotatable bonds is 2. The van der Waals surface area contributed by atoms with Crippen molar-refractivity contribution in [1.82, 2.24) is 19.5 Å². The van der Waals surface area contributed by atoms with Gasteiger partial charge in [-0.25, -0.2) is 9.97 Å². The molecule has 5 nitrogen and oxygen atoms in total. The number of nitrogens with two attached hydrogens (primary N) is 1. The normalized spacial score (nSPS) is 10.4. The Labute approximate surface area is 81.6 Å². The van der Waals surface area contributed by atoms with Crippen molar-refractivity contribution in [2.45, 2.75) is 13.5 Å². The summed E-state index contributed by atoms with van der Waals surface area (Å²) in [5, 5.41) is 0. The van der Waals surface area contributed by atoms with Gasteiger partial charge >= 0.3 is 0 Å². The number of hydrogen-bond donors (Lipinski definition) is 1. The molecule has 0 unspecified atom stereocenters. The molecule has 14 heavy (non-hydrogen) atoms. The van der Waals surface area contributed by atoms with Crippen LogP contribution in [0.3, 0.4) is 0 Å². The molecule has 0 fully saturated rings. The summed E-state index contributed by atoms with van der Waals surface area (Å²) >= 11 is 0. The minimum Gasteiger partial charge on any atom is -0.324 e. The lowest BCUT2D eigenvalue weighted by Crippen LogP contribution is -2.09. The Morgan fingerprint density at radius 3 is 2.71 bits per heavy atom. The van der Waals surface area contributed by atoms with Gasteiger partial charge in [-0.05, 0) is 6.92 Å². The summed E-state index contributed by atoms with van der Waals surface area (Å²) in [6.45, 7) is 2.30. The maximum Gasteiger partial charge on any atom is 0.159 e. The van der Waals surface area contributed by atoms with Crippen molar-refractivity contribution in [3.05, 3.63) is 36.3 Å². The Balaban J connectivity index is 2.54. The summed E-state index contributed by atoms with van der Waals surface area (Å²) in [5.74, 6) is 1.57. The molecular formula is C9H11N5. The van der Waals surface area contributed by atoms with Gasteiger partial charge < -0.3 is 5.73 Å². The first-order valence-corrected chi connectivity index (χ1v) is 4.33. The minimum absolute atomic E-state index is 0.392. The Morgan fingerprint density at radius 1 is 1.21 bits per heavy atom. The van der Waals surface area contributed by atoms with Crippen molar-refractivity contribution in [3.63, 3.8) is 0 Å². The van der Waals surface area contributed by atoms with E-state index >= 15 is 0 Å². The molecule has 0 aliphatic heterocycles. The van der Waals surface area contributed by atoms with Crippen LogP contribution in [-0.2, 0) is 6.54 Å². The van der Waals surface area contributed by atoms with Crippen LogP contribution in [0.5, 0.6) is 0 Å². The number of imidazole rings is 1. The highest BCUT2D eigenvalue weighted by atomic mass is 15.1. The maximum atomic E-state index is 5.55. The molecule has 0 aromatic carbocycles. The fourth-order valence-electron chi connectivity index (χ4n) is 1.31. The molecule has 2 aromatic rings. The van der Waals surface area contributed by atoms with E-state index in [2.05, 4.69) is 15.0 Å². The van der Waals surface area contributed by atoms with Gasteiger partial charge in [-0.1, -0.05) is 0 Å². The molecule has 72 valence electrons. The molecule has 5 heteroatoms. The first-order chi connectivity index (χ1) is 6.83. The monoisotopic (exact) mass is 189 g/mol. The van der Waals surface area contributed by atoms with Crippen LogP contribution in [0.15, 0.2) is 24.8 Å². The number of aromatic nitrogens is 4. The summed E-state index contributed by atoms with van der Waals surface area (Å²) in [6.07, 6.45) is 6.86. The lowest BCUT2D eigenvalue weighted by molar-refractivity contribution is 0.832. The Hall–Kier alpha value is -1.75. The van der Waals surface area contributed by atoms with Gasteiger partial charge in [0.25, 0.3) is 0 Å². The van der Waals surface area contributed by atoms with E-state index in [1.807, 2.05) is 17.7 Å². The molecule has 2 N–H and O–H groups in total. The van der Waals surface area contributed by atoms with Crippen LogP contribution in [0.1, 0.15) is 11.5 Å². The number of nitrogens with zero attached hydrogens (tertiary/aromatic N) is 4. The second-order valence-electron chi connectivity index (χ2n) is 2.88. The molecule has 2 heterocycles. The van der Waals surface area contributed by atoms with Gasteiger partial charge in [0.15, 0.2) is 5.82 Å². The first kappa shape index (κ1) is 8.83. The van der Waals surface area contributed by atoms with Gasteiger partial charge in [0.1, 0.15) is 5.82 Å². The molecule has 0 bridgehead atoms. The van der Waals surface area contributed by atoms with Crippen molar-refractivity contribution < 1.29 is 0 Å². The second kappa shape index (κ2) is 3.55. The van der Waals surface area contributed by atoms with E-state index in [-0.39, 0.29) is 0 Å². The fourth-order valence-corrected chi connectivity index (χ4v) is 1.31. The standard InChI is InChI=1S/C9H11N5/c1-7-9(13-3-2-11-7)14-5-4-12-8(14)6-10/h2-5H,6,10H2,1H3. The minimum atomic E-state index is 0.392. The van der Waals surface area contributed by atoms with E-state index in [4.69, 9.17) is 5.73 Å². The first-order valence-electron chi connectivity index (χ1n) is 4.33. The smallest absolute Gasteiger partial charge is 0.159 e. The predicted molar refractivity (Wildman–Crippen MR) is 51.8 cm³/mol. The summed E-state index contributed by atoms with van der Waals surface area (Å²) in [5.41, 5.74) is 6.41. The second-order valence-corrected chi connectivity index (χ2v) is 2.88. The molecule has 2 rings (SSSR count). The SMILES string of the molecule is Cc1nccnc1-n1ccnc1CN. The van der Waals surface area contributed by atoms with E-state index < -0.39 is 0 Å². The Bertz CT molecular complexity index is 434. The van der Waals surface area contributed by atoms with Crippen LogP contribution in [0.2, 0.25) is 0 Å². The average molecular weight is 189 g/mol. The summed E-state index contributed by atoms with van der Waals surface area (Å²) in [7, 11) is 0. The van der Waals surface area contributed by atoms with Crippen molar-refractivity contribution in [2.75, 3.05) is 0 Å². The zero-order chi connectivity index (χ0) is 9.97. The van der Waals surface area contributed by atoms with Crippen LogP contribution in [0, 0.1) is 6.92 Å². The van der Waals surface area contributed by atoms with Crippen LogP contribution in [0.4, 0.5) is 0 Å². The topological polar surface area (TPSA) is 69.6 Å². The van der Waals surface area contributed by atoms with Crippen molar-refractivity contribution >= 4 is 0 Å². The quantitative estimate of drug-likeness (QED) is 0.743. The fraction of sp³-hybridized carbons (Fsp3) is 0.222. The van der Waals surface area contributed by atoms with Crippen LogP contribution >= 0.6 is 0 Å². The third kappa shape index (κ3) is 1.38. The van der Waals surface area contributed by atoms with Crippen molar-refractivity contribution in [2.24, 2.45) is 5.73 Å². The van der Waals surface area contributed by atoms with Gasteiger partial charge in [-0.2, -0.15) is 0 Å². The van der Waals surface area contributed by atoms with E-state index in [0.29, 0.717) is 6.54 Å². The number of hydrogen-bond acceptors (Lipinski definition) is 4. The van der Waals surface area contributed by atoms with Crippen LogP contribution in [-0.4, -0.2) is 19.5 Å². The largest absolute Gasteiger partial charge is 0.324 e. The van der Waals surface area contributed by atoms with Gasteiger partial charge in [0.2, 0.25) is 0 Å². The van der Waals surface area contributed by atoms with Crippen molar-refractivity contribution in [3.8, 4) is 5.82 Å². The molecule has 2 aromatic heterocycles. The van der Waals surface area contributed by atoms with Crippen molar-refractivity contribution in [1.29, 1.82) is 0 Å². The molecule has 0 radical (unpaired) electrons. The third-order valence-electron chi connectivity index (χ3n) is 1.98. The molecule has 0 aliphatic rings. The summed E-state index contributed by atoms with van der Waals surface area (Å²) < 4.78 is 1.85. The highest BCUT2D eigenvalue weighted by Crippen LogP contribution is 2.09. The lowest BCUT2D eigenvalue weighted by Gasteiger charge is -2.06. The zero-order valence-electron chi connectivity index (χ0n) is 7.88. The molecular weight excluding hydrogens is 178 g/mol.